The van der Waals surface area contributed by atoms with E-state index < -0.39 is 6.10 Å². The van der Waals surface area contributed by atoms with E-state index in [0.717, 1.165) is 5.56 Å². The topological polar surface area (TPSA) is 48.9 Å². The Morgan fingerprint density at radius 2 is 1.71 bits per heavy atom. The Bertz CT molecular complexity index is 738. The average molecular weight is 303 g/mol. The maximum absolute atomic E-state index is 13.0. The van der Waals surface area contributed by atoms with Crippen LogP contribution in [0.1, 0.15) is 17.2 Å². The molecule has 3 aromatic rings. The zero-order valence-electron chi connectivity index (χ0n) is 10.9. The largest absolute Gasteiger partial charge is 0.384 e. The molecule has 1 heterocycles. The van der Waals surface area contributed by atoms with Crippen molar-refractivity contribution in [3.8, 4) is 11.3 Å². The lowest BCUT2D eigenvalue weighted by Gasteiger charge is -2.12. The zero-order valence-corrected chi connectivity index (χ0v) is 11.7. The number of nitrogens with zero attached hydrogens (tertiary/aromatic N) is 1. The minimum atomic E-state index is -0.832. The summed E-state index contributed by atoms with van der Waals surface area (Å²) in [5.41, 5.74) is 2.77. The van der Waals surface area contributed by atoms with Crippen molar-refractivity contribution in [1.82, 2.24) is 10.2 Å². The quantitative estimate of drug-likeness (QED) is 0.769. The number of rotatable bonds is 3. The van der Waals surface area contributed by atoms with E-state index in [1.54, 1.807) is 42.6 Å². The van der Waals surface area contributed by atoms with Crippen molar-refractivity contribution in [3.63, 3.8) is 0 Å². The highest BCUT2D eigenvalue weighted by Gasteiger charge is 2.17. The fourth-order valence-electron chi connectivity index (χ4n) is 2.18. The molecule has 0 radical (unpaired) electrons. The van der Waals surface area contributed by atoms with Crippen LogP contribution >= 0.6 is 11.6 Å². The van der Waals surface area contributed by atoms with Crippen molar-refractivity contribution in [2.75, 3.05) is 0 Å². The van der Waals surface area contributed by atoms with Gasteiger partial charge < -0.3 is 5.11 Å². The van der Waals surface area contributed by atoms with E-state index in [9.17, 15) is 9.50 Å². The van der Waals surface area contributed by atoms with Gasteiger partial charge in [-0.25, -0.2) is 4.39 Å². The fourth-order valence-corrected chi connectivity index (χ4v) is 2.30. The Morgan fingerprint density at radius 1 is 1.05 bits per heavy atom. The summed E-state index contributed by atoms with van der Waals surface area (Å²) >= 11 is 5.85. The molecule has 2 N–H and O–H groups in total. The van der Waals surface area contributed by atoms with Gasteiger partial charge in [-0.05, 0) is 42.0 Å². The van der Waals surface area contributed by atoms with Crippen LogP contribution in [0.4, 0.5) is 4.39 Å². The molecule has 0 saturated carbocycles. The molecular weight excluding hydrogens is 291 g/mol. The summed E-state index contributed by atoms with van der Waals surface area (Å²) in [4.78, 5) is 0. The van der Waals surface area contributed by atoms with Crippen molar-refractivity contribution >= 4 is 11.6 Å². The van der Waals surface area contributed by atoms with Gasteiger partial charge in [-0.2, -0.15) is 5.10 Å². The molecule has 2 aromatic carbocycles. The van der Waals surface area contributed by atoms with Crippen LogP contribution in [0.3, 0.4) is 0 Å². The lowest BCUT2D eigenvalue weighted by molar-refractivity contribution is 0.221. The Labute approximate surface area is 126 Å². The van der Waals surface area contributed by atoms with Crippen LogP contribution in [0.5, 0.6) is 0 Å². The molecule has 0 aliphatic carbocycles. The molecule has 0 aliphatic rings. The number of hydrogen-bond acceptors (Lipinski definition) is 2. The highest BCUT2D eigenvalue weighted by Crippen LogP contribution is 2.30. The van der Waals surface area contributed by atoms with Crippen molar-refractivity contribution in [3.05, 3.63) is 76.7 Å². The van der Waals surface area contributed by atoms with Gasteiger partial charge in [0.05, 0.1) is 11.9 Å². The molecule has 0 aliphatic heterocycles. The van der Waals surface area contributed by atoms with E-state index in [-0.39, 0.29) is 5.82 Å². The SMILES string of the molecule is OC(c1ccc(Cl)cc1)c1cn[nH]c1-c1ccc(F)cc1. The molecule has 0 saturated heterocycles. The number of hydrogen-bond donors (Lipinski definition) is 2. The third-order valence-electron chi connectivity index (χ3n) is 3.28. The number of H-pyrrole nitrogens is 1. The van der Waals surface area contributed by atoms with Crippen LogP contribution in [0.15, 0.2) is 54.7 Å². The molecule has 3 rings (SSSR count). The highest BCUT2D eigenvalue weighted by molar-refractivity contribution is 6.30. The summed E-state index contributed by atoms with van der Waals surface area (Å²) in [5.74, 6) is -0.307. The first kappa shape index (κ1) is 13.8. The Kier molecular flexibility index (Phi) is 3.73. The zero-order chi connectivity index (χ0) is 14.8. The van der Waals surface area contributed by atoms with E-state index in [1.807, 2.05) is 0 Å². The Balaban J connectivity index is 1.98. The molecule has 5 heteroatoms. The van der Waals surface area contributed by atoms with Gasteiger partial charge in [-0.3, -0.25) is 5.10 Å². The third-order valence-corrected chi connectivity index (χ3v) is 3.53. The van der Waals surface area contributed by atoms with Crippen molar-refractivity contribution in [1.29, 1.82) is 0 Å². The molecule has 1 atom stereocenters. The van der Waals surface area contributed by atoms with Crippen LogP contribution in [0.25, 0.3) is 11.3 Å². The molecule has 106 valence electrons. The lowest BCUT2D eigenvalue weighted by Crippen LogP contribution is -2.00. The van der Waals surface area contributed by atoms with Gasteiger partial charge in [0.15, 0.2) is 0 Å². The molecule has 3 nitrogen and oxygen atoms in total. The number of aromatic amines is 1. The monoisotopic (exact) mass is 302 g/mol. The normalized spacial score (nSPS) is 12.3. The van der Waals surface area contributed by atoms with Crippen molar-refractivity contribution < 1.29 is 9.50 Å². The standard InChI is InChI=1S/C16H12ClFN2O/c17-12-5-1-11(2-6-12)16(21)14-9-19-20-15(14)10-3-7-13(18)8-4-10/h1-9,16,21H,(H,19,20). The highest BCUT2D eigenvalue weighted by atomic mass is 35.5. The number of nitrogens with one attached hydrogen (secondary N) is 1. The second-order valence-corrected chi connectivity index (χ2v) is 5.10. The van der Waals surface area contributed by atoms with Gasteiger partial charge >= 0.3 is 0 Å². The van der Waals surface area contributed by atoms with Gasteiger partial charge in [-0.1, -0.05) is 23.7 Å². The minimum Gasteiger partial charge on any atom is -0.384 e. The number of aliphatic hydroxyl groups is 1. The first-order chi connectivity index (χ1) is 10.1. The summed E-state index contributed by atoms with van der Waals surface area (Å²) in [6.45, 7) is 0. The van der Waals surface area contributed by atoms with Crippen LogP contribution in [-0.4, -0.2) is 15.3 Å². The number of halogens is 2. The van der Waals surface area contributed by atoms with Crippen LogP contribution in [-0.2, 0) is 0 Å². The lowest BCUT2D eigenvalue weighted by atomic mass is 9.99. The molecule has 1 unspecified atom stereocenters. The van der Waals surface area contributed by atoms with Gasteiger partial charge in [0.1, 0.15) is 11.9 Å². The summed E-state index contributed by atoms with van der Waals surface area (Å²) in [6.07, 6.45) is 0.735. The maximum Gasteiger partial charge on any atom is 0.123 e. The van der Waals surface area contributed by atoms with E-state index in [0.29, 0.717) is 21.8 Å². The number of benzene rings is 2. The first-order valence-corrected chi connectivity index (χ1v) is 6.75. The summed E-state index contributed by atoms with van der Waals surface area (Å²) in [6, 6.07) is 13.0. The number of aromatic nitrogens is 2. The molecule has 0 amide bonds. The Hall–Kier alpha value is -2.17. The third kappa shape index (κ3) is 2.82. The van der Waals surface area contributed by atoms with Gasteiger partial charge in [-0.15, -0.1) is 0 Å². The van der Waals surface area contributed by atoms with Crippen molar-refractivity contribution in [2.45, 2.75) is 6.10 Å². The molecular formula is C16H12ClFN2O. The summed E-state index contributed by atoms with van der Waals surface area (Å²) in [7, 11) is 0. The predicted molar refractivity (Wildman–Crippen MR) is 79.5 cm³/mol. The van der Waals surface area contributed by atoms with E-state index in [1.165, 1.54) is 12.1 Å². The van der Waals surface area contributed by atoms with Crippen LogP contribution in [0.2, 0.25) is 5.02 Å². The molecule has 0 spiro atoms. The second-order valence-electron chi connectivity index (χ2n) is 4.66. The Morgan fingerprint density at radius 3 is 2.38 bits per heavy atom. The minimum absolute atomic E-state index is 0.307. The molecule has 1 aromatic heterocycles. The average Bonchev–Trinajstić information content (AvgIpc) is 2.97. The van der Waals surface area contributed by atoms with Crippen LogP contribution < -0.4 is 0 Å². The van der Waals surface area contributed by atoms with Crippen molar-refractivity contribution in [2.24, 2.45) is 0 Å². The summed E-state index contributed by atoms with van der Waals surface area (Å²) in [5, 5.41) is 17.9. The van der Waals surface area contributed by atoms with Gasteiger partial charge in [0, 0.05) is 16.1 Å². The molecule has 21 heavy (non-hydrogen) atoms. The van der Waals surface area contributed by atoms with E-state index in [4.69, 9.17) is 11.6 Å². The maximum atomic E-state index is 13.0. The molecule has 0 bridgehead atoms. The molecule has 0 fully saturated rings. The number of aliphatic hydroxyl groups excluding tert-OH is 1. The predicted octanol–water partition coefficient (Wildman–Crippen LogP) is 3.95. The van der Waals surface area contributed by atoms with Crippen LogP contribution in [0, 0.1) is 5.82 Å². The van der Waals surface area contributed by atoms with E-state index >= 15 is 0 Å². The fraction of sp³-hybridized carbons (Fsp3) is 0.0625. The first-order valence-electron chi connectivity index (χ1n) is 6.38. The second kappa shape index (κ2) is 5.68. The smallest absolute Gasteiger partial charge is 0.123 e. The van der Waals surface area contributed by atoms with Gasteiger partial charge in [0.25, 0.3) is 0 Å². The van der Waals surface area contributed by atoms with E-state index in [2.05, 4.69) is 10.2 Å². The summed E-state index contributed by atoms with van der Waals surface area (Å²) < 4.78 is 13.0. The van der Waals surface area contributed by atoms with Gasteiger partial charge in [0.2, 0.25) is 0 Å².